The van der Waals surface area contributed by atoms with Gasteiger partial charge in [0.2, 0.25) is 0 Å². The molecule has 3 heteroatoms. The van der Waals surface area contributed by atoms with Crippen LogP contribution in [0.2, 0.25) is 0 Å². The summed E-state index contributed by atoms with van der Waals surface area (Å²) < 4.78 is 6.40. The van der Waals surface area contributed by atoms with Crippen LogP contribution in [0.1, 0.15) is 12.0 Å². The highest BCUT2D eigenvalue weighted by Gasteiger charge is 2.20. The van der Waals surface area contributed by atoms with Crippen LogP contribution in [-0.4, -0.2) is 5.97 Å². The maximum atomic E-state index is 11.3. The fraction of sp³-hybridized carbons (Fsp3) is 0.154. The van der Waals surface area contributed by atoms with Crippen LogP contribution in [0, 0.1) is 0 Å². The van der Waals surface area contributed by atoms with Crippen LogP contribution in [0.3, 0.4) is 0 Å². The van der Waals surface area contributed by atoms with Crippen molar-refractivity contribution in [2.24, 2.45) is 0 Å². The molecule has 2 aromatic rings. The molecule has 0 saturated heterocycles. The number of fused-ring (bicyclic) bond motifs is 3. The van der Waals surface area contributed by atoms with Crippen molar-refractivity contribution in [2.75, 3.05) is 0 Å². The predicted molar refractivity (Wildman–Crippen MR) is 65.6 cm³/mol. The van der Waals surface area contributed by atoms with Crippen molar-refractivity contribution in [3.63, 3.8) is 0 Å². The molecule has 0 unspecified atom stereocenters. The number of halogens is 1. The largest absolute Gasteiger partial charge is 0.426 e. The van der Waals surface area contributed by atoms with Crippen molar-refractivity contribution in [1.82, 2.24) is 0 Å². The molecule has 0 aliphatic carbocycles. The second-order valence-corrected chi connectivity index (χ2v) is 4.72. The van der Waals surface area contributed by atoms with E-state index < -0.39 is 0 Å². The van der Waals surface area contributed by atoms with Gasteiger partial charge in [0.1, 0.15) is 5.75 Å². The number of ether oxygens (including phenoxy) is 1. The van der Waals surface area contributed by atoms with Gasteiger partial charge in [0.15, 0.2) is 0 Å². The minimum absolute atomic E-state index is 0.139. The second kappa shape index (κ2) is 3.59. The monoisotopic (exact) mass is 276 g/mol. The Hall–Kier alpha value is -1.35. The van der Waals surface area contributed by atoms with E-state index in [1.807, 2.05) is 30.3 Å². The van der Waals surface area contributed by atoms with E-state index in [1.165, 1.54) is 0 Å². The average molecular weight is 277 g/mol. The van der Waals surface area contributed by atoms with Crippen LogP contribution in [0.25, 0.3) is 10.8 Å². The van der Waals surface area contributed by atoms with Crippen molar-refractivity contribution >= 4 is 32.7 Å². The first-order valence-electron chi connectivity index (χ1n) is 5.16. The molecule has 1 heterocycles. The smallest absolute Gasteiger partial charge is 0.311 e. The molecule has 0 fully saturated rings. The van der Waals surface area contributed by atoms with Crippen LogP contribution < -0.4 is 4.74 Å². The highest BCUT2D eigenvalue weighted by atomic mass is 79.9. The van der Waals surface area contributed by atoms with Gasteiger partial charge in [0, 0.05) is 9.86 Å². The number of carbonyl (C=O) groups excluding carboxylic acids is 1. The van der Waals surface area contributed by atoms with Gasteiger partial charge < -0.3 is 4.74 Å². The minimum atomic E-state index is -0.139. The Morgan fingerprint density at radius 1 is 1.12 bits per heavy atom. The first-order valence-corrected chi connectivity index (χ1v) is 5.96. The maximum absolute atomic E-state index is 11.3. The molecule has 0 amide bonds. The molecule has 16 heavy (non-hydrogen) atoms. The number of carbonyl (C=O) groups is 1. The number of esters is 1. The quantitative estimate of drug-likeness (QED) is 0.544. The first kappa shape index (κ1) is 9.85. The van der Waals surface area contributed by atoms with E-state index in [-0.39, 0.29) is 5.97 Å². The Kier molecular flexibility index (Phi) is 2.21. The van der Waals surface area contributed by atoms with Crippen molar-refractivity contribution in [2.45, 2.75) is 12.8 Å². The number of hydrogen-bond acceptors (Lipinski definition) is 2. The molecular formula is C13H9BrO2. The molecule has 0 aromatic heterocycles. The third-order valence-electron chi connectivity index (χ3n) is 2.84. The van der Waals surface area contributed by atoms with Crippen molar-refractivity contribution < 1.29 is 9.53 Å². The summed E-state index contributed by atoms with van der Waals surface area (Å²) in [5, 5.41) is 2.08. The highest BCUT2D eigenvalue weighted by molar-refractivity contribution is 9.10. The summed E-state index contributed by atoms with van der Waals surface area (Å²) in [5.74, 6) is 0.593. The fourth-order valence-corrected chi connectivity index (χ4v) is 2.69. The number of benzene rings is 2. The topological polar surface area (TPSA) is 26.3 Å². The number of aryl methyl sites for hydroxylation is 1. The van der Waals surface area contributed by atoms with E-state index in [1.54, 1.807) is 0 Å². The lowest BCUT2D eigenvalue weighted by atomic mass is 10.0. The predicted octanol–water partition coefficient (Wildman–Crippen LogP) is 3.45. The molecule has 0 atom stereocenters. The molecule has 0 spiro atoms. The van der Waals surface area contributed by atoms with Gasteiger partial charge in [-0.15, -0.1) is 0 Å². The van der Waals surface area contributed by atoms with E-state index in [9.17, 15) is 4.79 Å². The highest BCUT2D eigenvalue weighted by Crippen LogP contribution is 2.37. The van der Waals surface area contributed by atoms with E-state index in [4.69, 9.17) is 4.74 Å². The summed E-state index contributed by atoms with van der Waals surface area (Å²) >= 11 is 3.55. The molecule has 1 aliphatic heterocycles. The Morgan fingerprint density at radius 2 is 1.88 bits per heavy atom. The van der Waals surface area contributed by atoms with Crippen LogP contribution in [-0.2, 0) is 11.2 Å². The molecule has 2 nitrogen and oxygen atoms in total. The number of hydrogen-bond donors (Lipinski definition) is 0. The van der Waals surface area contributed by atoms with Gasteiger partial charge in [-0.3, -0.25) is 4.79 Å². The summed E-state index contributed by atoms with van der Waals surface area (Å²) in [6.45, 7) is 0. The molecular weight excluding hydrogens is 268 g/mol. The Labute approximate surface area is 101 Å². The molecule has 0 N–H and O–H groups in total. The molecule has 3 rings (SSSR count). The molecule has 2 aromatic carbocycles. The fourth-order valence-electron chi connectivity index (χ4n) is 2.07. The molecule has 0 radical (unpaired) electrons. The van der Waals surface area contributed by atoms with Crippen LogP contribution >= 0.6 is 15.9 Å². The molecule has 0 bridgehead atoms. The normalized spacial score (nSPS) is 14.7. The second-order valence-electron chi connectivity index (χ2n) is 3.87. The molecule has 1 aliphatic rings. The third kappa shape index (κ3) is 1.43. The van der Waals surface area contributed by atoms with E-state index >= 15 is 0 Å². The van der Waals surface area contributed by atoms with Crippen molar-refractivity contribution in [3.05, 3.63) is 40.4 Å². The van der Waals surface area contributed by atoms with E-state index in [0.29, 0.717) is 6.42 Å². The number of rotatable bonds is 0. The zero-order chi connectivity index (χ0) is 11.1. The summed E-state index contributed by atoms with van der Waals surface area (Å²) in [7, 11) is 0. The first-order chi connectivity index (χ1) is 7.75. The van der Waals surface area contributed by atoms with Gasteiger partial charge in [-0.1, -0.05) is 40.2 Å². The summed E-state index contributed by atoms with van der Waals surface area (Å²) in [4.78, 5) is 11.3. The van der Waals surface area contributed by atoms with E-state index in [0.717, 1.165) is 33.0 Å². The maximum Gasteiger partial charge on any atom is 0.311 e. The van der Waals surface area contributed by atoms with Gasteiger partial charge >= 0.3 is 5.97 Å². The lowest BCUT2D eigenvalue weighted by Gasteiger charge is -2.18. The van der Waals surface area contributed by atoms with Crippen LogP contribution in [0.4, 0.5) is 0 Å². The Bertz CT molecular complexity index is 590. The lowest BCUT2D eigenvalue weighted by molar-refractivity contribution is -0.135. The zero-order valence-corrected chi connectivity index (χ0v) is 10.1. The minimum Gasteiger partial charge on any atom is -0.426 e. The molecule has 80 valence electrons. The van der Waals surface area contributed by atoms with Gasteiger partial charge in [0.05, 0.1) is 6.42 Å². The van der Waals surface area contributed by atoms with Gasteiger partial charge in [-0.05, 0) is 23.4 Å². The van der Waals surface area contributed by atoms with Gasteiger partial charge in [-0.25, -0.2) is 0 Å². The van der Waals surface area contributed by atoms with Gasteiger partial charge in [0.25, 0.3) is 0 Å². The van der Waals surface area contributed by atoms with Gasteiger partial charge in [-0.2, -0.15) is 0 Å². The summed E-state index contributed by atoms with van der Waals surface area (Å²) in [5.41, 5.74) is 1.10. The van der Waals surface area contributed by atoms with Crippen molar-refractivity contribution in [3.8, 4) is 5.75 Å². The lowest BCUT2D eigenvalue weighted by Crippen LogP contribution is -2.16. The van der Waals surface area contributed by atoms with Crippen LogP contribution in [0.5, 0.6) is 5.75 Å². The summed E-state index contributed by atoms with van der Waals surface area (Å²) in [6, 6.07) is 9.98. The Morgan fingerprint density at radius 3 is 2.69 bits per heavy atom. The summed E-state index contributed by atoms with van der Waals surface area (Å²) in [6.07, 6.45) is 1.23. The van der Waals surface area contributed by atoms with E-state index in [2.05, 4.69) is 15.9 Å². The third-order valence-corrected chi connectivity index (χ3v) is 3.49. The zero-order valence-electron chi connectivity index (χ0n) is 8.50. The standard InChI is InChI=1S/C13H9BrO2/c14-11-7-8-5-6-12(15)16-13(8)10-4-2-1-3-9(10)11/h1-4,7H,5-6H2. The van der Waals surface area contributed by atoms with Crippen LogP contribution in [0.15, 0.2) is 34.8 Å². The Balaban J connectivity index is 2.37. The molecule has 0 saturated carbocycles. The van der Waals surface area contributed by atoms with Crippen molar-refractivity contribution in [1.29, 1.82) is 0 Å². The average Bonchev–Trinajstić information content (AvgIpc) is 2.31. The SMILES string of the molecule is O=C1CCc2cc(Br)c3ccccc3c2O1.